The number of aromatic amines is 2. The number of imidazole rings is 1. The number of nitrogens with one attached hydrogen (secondary N) is 3. The van der Waals surface area contributed by atoms with Crippen molar-refractivity contribution >= 4 is 11.0 Å². The van der Waals surface area contributed by atoms with E-state index in [-0.39, 0.29) is 11.7 Å². The van der Waals surface area contributed by atoms with E-state index in [0.717, 1.165) is 23.1 Å². The summed E-state index contributed by atoms with van der Waals surface area (Å²) < 4.78 is 0. The molecule has 1 unspecified atom stereocenters. The van der Waals surface area contributed by atoms with Crippen LogP contribution in [0.25, 0.3) is 11.0 Å². The van der Waals surface area contributed by atoms with E-state index >= 15 is 0 Å². The number of fused-ring (bicyclic) bond motifs is 1. The van der Waals surface area contributed by atoms with Crippen molar-refractivity contribution < 1.29 is 0 Å². The van der Waals surface area contributed by atoms with Crippen molar-refractivity contribution in [2.45, 2.75) is 26.4 Å². The Morgan fingerprint density at radius 1 is 1.10 bits per heavy atom. The summed E-state index contributed by atoms with van der Waals surface area (Å²) >= 11 is 0. The first-order chi connectivity index (χ1) is 10.1. The molecule has 1 aromatic heterocycles. The molecule has 0 aliphatic rings. The quantitative estimate of drug-likeness (QED) is 0.688. The Hall–Kier alpha value is -2.33. The largest absolute Gasteiger partial charge is 0.323 e. The third-order valence-electron chi connectivity index (χ3n) is 3.90. The molecule has 0 fully saturated rings. The van der Waals surface area contributed by atoms with Crippen molar-refractivity contribution in [1.29, 1.82) is 0 Å². The maximum Gasteiger partial charge on any atom is 0.323 e. The molecule has 0 radical (unpaired) electrons. The van der Waals surface area contributed by atoms with Crippen molar-refractivity contribution in [1.82, 2.24) is 15.3 Å². The molecule has 21 heavy (non-hydrogen) atoms. The average molecular weight is 281 g/mol. The number of hydrogen-bond donors (Lipinski definition) is 3. The van der Waals surface area contributed by atoms with Crippen LogP contribution < -0.4 is 11.0 Å². The minimum Gasteiger partial charge on any atom is -0.306 e. The van der Waals surface area contributed by atoms with Crippen LogP contribution in [0.15, 0.2) is 47.3 Å². The fraction of sp³-hybridized carbons (Fsp3) is 0.235. The second-order valence-corrected chi connectivity index (χ2v) is 5.41. The Labute approximate surface area is 123 Å². The normalized spacial score (nSPS) is 12.7. The highest BCUT2D eigenvalue weighted by Gasteiger charge is 2.07. The van der Waals surface area contributed by atoms with Gasteiger partial charge in [-0.3, -0.25) is 0 Å². The van der Waals surface area contributed by atoms with Crippen LogP contribution in [0.5, 0.6) is 0 Å². The van der Waals surface area contributed by atoms with Crippen LogP contribution in [0.3, 0.4) is 0 Å². The summed E-state index contributed by atoms with van der Waals surface area (Å²) in [6.45, 7) is 5.08. The first-order valence-electron chi connectivity index (χ1n) is 7.13. The lowest BCUT2D eigenvalue weighted by molar-refractivity contribution is 0.574. The molecule has 0 bridgehead atoms. The van der Waals surface area contributed by atoms with Gasteiger partial charge in [-0.2, -0.15) is 0 Å². The maximum absolute atomic E-state index is 11.3. The highest BCUT2D eigenvalue weighted by Crippen LogP contribution is 2.18. The summed E-state index contributed by atoms with van der Waals surface area (Å²) in [5.74, 6) is 0. The number of benzene rings is 2. The smallest absolute Gasteiger partial charge is 0.306 e. The van der Waals surface area contributed by atoms with E-state index in [2.05, 4.69) is 53.4 Å². The molecule has 3 rings (SSSR count). The summed E-state index contributed by atoms with van der Waals surface area (Å²) in [4.78, 5) is 16.8. The van der Waals surface area contributed by atoms with Crippen LogP contribution in [0, 0.1) is 6.92 Å². The Balaban J connectivity index is 1.76. The van der Waals surface area contributed by atoms with Gasteiger partial charge in [0.25, 0.3) is 0 Å². The first-order valence-corrected chi connectivity index (χ1v) is 7.13. The van der Waals surface area contributed by atoms with Gasteiger partial charge < -0.3 is 15.3 Å². The summed E-state index contributed by atoms with van der Waals surface area (Å²) in [5, 5.41) is 3.53. The van der Waals surface area contributed by atoms with Gasteiger partial charge in [0, 0.05) is 12.6 Å². The predicted molar refractivity (Wildman–Crippen MR) is 85.4 cm³/mol. The lowest BCUT2D eigenvalue weighted by atomic mass is 10.1. The van der Waals surface area contributed by atoms with Gasteiger partial charge in [0.2, 0.25) is 0 Å². The molecule has 0 aliphatic carbocycles. The zero-order valence-corrected chi connectivity index (χ0v) is 12.2. The van der Waals surface area contributed by atoms with Crippen molar-refractivity contribution in [3.05, 3.63) is 69.6 Å². The zero-order chi connectivity index (χ0) is 14.8. The van der Waals surface area contributed by atoms with Gasteiger partial charge in [-0.1, -0.05) is 30.3 Å². The van der Waals surface area contributed by atoms with Gasteiger partial charge >= 0.3 is 5.69 Å². The molecule has 0 saturated heterocycles. The van der Waals surface area contributed by atoms with Crippen molar-refractivity contribution in [3.8, 4) is 0 Å². The predicted octanol–water partition coefficient (Wildman–Crippen LogP) is 3.02. The minimum absolute atomic E-state index is 0.164. The summed E-state index contributed by atoms with van der Waals surface area (Å²) in [6, 6.07) is 14.6. The number of H-pyrrole nitrogens is 2. The fourth-order valence-electron chi connectivity index (χ4n) is 2.51. The third-order valence-corrected chi connectivity index (χ3v) is 3.90. The van der Waals surface area contributed by atoms with Gasteiger partial charge in [-0.15, -0.1) is 0 Å². The third kappa shape index (κ3) is 2.90. The molecule has 4 heteroatoms. The van der Waals surface area contributed by atoms with Gasteiger partial charge in [0.05, 0.1) is 11.0 Å². The van der Waals surface area contributed by atoms with Gasteiger partial charge in [-0.25, -0.2) is 4.79 Å². The highest BCUT2D eigenvalue weighted by atomic mass is 16.1. The first kappa shape index (κ1) is 13.6. The Bertz CT molecular complexity index is 816. The Kier molecular flexibility index (Phi) is 3.62. The Morgan fingerprint density at radius 3 is 2.67 bits per heavy atom. The molecular formula is C17H19N3O. The molecule has 1 atom stereocenters. The molecule has 0 aliphatic heterocycles. The van der Waals surface area contributed by atoms with Gasteiger partial charge in [-0.05, 0) is 42.7 Å². The number of hydrogen-bond acceptors (Lipinski definition) is 2. The van der Waals surface area contributed by atoms with Crippen LogP contribution in [0.2, 0.25) is 0 Å². The summed E-state index contributed by atoms with van der Waals surface area (Å²) in [5.41, 5.74) is 5.29. The monoisotopic (exact) mass is 281 g/mol. The average Bonchev–Trinajstić information content (AvgIpc) is 2.85. The number of aryl methyl sites for hydroxylation is 1. The molecule has 0 spiro atoms. The van der Waals surface area contributed by atoms with E-state index < -0.39 is 0 Å². The zero-order valence-electron chi connectivity index (χ0n) is 12.2. The van der Waals surface area contributed by atoms with Crippen LogP contribution in [-0.4, -0.2) is 9.97 Å². The van der Waals surface area contributed by atoms with Crippen molar-refractivity contribution in [3.63, 3.8) is 0 Å². The maximum atomic E-state index is 11.3. The minimum atomic E-state index is -0.164. The fourth-order valence-corrected chi connectivity index (χ4v) is 2.51. The molecule has 0 saturated carbocycles. The van der Waals surface area contributed by atoms with E-state index in [1.165, 1.54) is 11.1 Å². The van der Waals surface area contributed by atoms with Crippen LogP contribution >= 0.6 is 0 Å². The van der Waals surface area contributed by atoms with E-state index in [0.29, 0.717) is 0 Å². The van der Waals surface area contributed by atoms with E-state index in [1.807, 2.05) is 18.2 Å². The van der Waals surface area contributed by atoms with E-state index in [1.54, 1.807) is 0 Å². The van der Waals surface area contributed by atoms with Gasteiger partial charge in [0.1, 0.15) is 0 Å². The second-order valence-electron chi connectivity index (χ2n) is 5.41. The summed E-state index contributed by atoms with van der Waals surface area (Å²) in [7, 11) is 0. The van der Waals surface area contributed by atoms with Gasteiger partial charge in [0.15, 0.2) is 0 Å². The SMILES string of the molecule is Cc1ccccc1CNC(C)c1ccc2[nH]c(=O)[nH]c2c1. The lowest BCUT2D eigenvalue weighted by Gasteiger charge is -2.15. The molecular weight excluding hydrogens is 262 g/mol. The lowest BCUT2D eigenvalue weighted by Crippen LogP contribution is -2.18. The van der Waals surface area contributed by atoms with Crippen molar-refractivity contribution in [2.24, 2.45) is 0 Å². The standard InChI is InChI=1S/C17H19N3O/c1-11-5-3-4-6-14(11)10-18-12(2)13-7-8-15-16(9-13)20-17(21)19-15/h3-9,12,18H,10H2,1-2H3,(H2,19,20,21). The van der Waals surface area contributed by atoms with Crippen LogP contribution in [0.1, 0.15) is 29.7 Å². The van der Waals surface area contributed by atoms with E-state index in [9.17, 15) is 4.79 Å². The molecule has 2 aromatic carbocycles. The number of rotatable bonds is 4. The highest BCUT2D eigenvalue weighted by molar-refractivity contribution is 5.75. The molecule has 1 heterocycles. The molecule has 3 aromatic rings. The Morgan fingerprint density at radius 2 is 1.86 bits per heavy atom. The molecule has 108 valence electrons. The van der Waals surface area contributed by atoms with Crippen LogP contribution in [0.4, 0.5) is 0 Å². The molecule has 0 amide bonds. The topological polar surface area (TPSA) is 60.7 Å². The van der Waals surface area contributed by atoms with Crippen molar-refractivity contribution in [2.75, 3.05) is 0 Å². The van der Waals surface area contributed by atoms with Crippen LogP contribution in [-0.2, 0) is 6.54 Å². The molecule has 3 N–H and O–H groups in total. The number of aromatic nitrogens is 2. The molecule has 4 nitrogen and oxygen atoms in total. The summed E-state index contributed by atoms with van der Waals surface area (Å²) in [6.07, 6.45) is 0. The second kappa shape index (κ2) is 5.58. The van der Waals surface area contributed by atoms with E-state index in [4.69, 9.17) is 0 Å².